The molecule has 23 heavy (non-hydrogen) atoms. The molecule has 0 unspecified atom stereocenters. The van der Waals surface area contributed by atoms with Crippen molar-refractivity contribution in [2.75, 3.05) is 25.1 Å². The van der Waals surface area contributed by atoms with E-state index in [4.69, 9.17) is 0 Å². The van der Waals surface area contributed by atoms with Crippen LogP contribution in [0.3, 0.4) is 0 Å². The smallest absolute Gasteiger partial charge is 0.317 e. The van der Waals surface area contributed by atoms with Crippen molar-refractivity contribution in [3.05, 3.63) is 35.9 Å². The standard InChI is InChI=1S/C17H26N2O3S/c1-14(16-9-4-3-5-10-16)19(13-15-7-6-8-15)17(20)18-11-12-23(2,21)22/h3-5,9-10,14-15H,6-8,11-13H2,1-2H3,(H,18,20)/t14-/m0/s1. The van der Waals surface area contributed by atoms with Gasteiger partial charge in [-0.1, -0.05) is 36.8 Å². The lowest BCUT2D eigenvalue weighted by atomic mass is 9.84. The Morgan fingerprint density at radius 1 is 1.30 bits per heavy atom. The van der Waals surface area contributed by atoms with Gasteiger partial charge in [0, 0.05) is 19.3 Å². The molecule has 1 aromatic carbocycles. The lowest BCUT2D eigenvalue weighted by Gasteiger charge is -2.36. The number of hydrogen-bond acceptors (Lipinski definition) is 3. The topological polar surface area (TPSA) is 66.5 Å². The van der Waals surface area contributed by atoms with E-state index in [0.29, 0.717) is 5.92 Å². The normalized spacial score (nSPS) is 16.4. The molecular formula is C17H26N2O3S. The van der Waals surface area contributed by atoms with Crippen molar-refractivity contribution in [1.29, 1.82) is 0 Å². The molecule has 0 spiro atoms. The maximum atomic E-state index is 12.5. The summed E-state index contributed by atoms with van der Waals surface area (Å²) in [7, 11) is -3.07. The quantitative estimate of drug-likeness (QED) is 0.831. The molecule has 0 aromatic heterocycles. The Hall–Kier alpha value is -1.56. The van der Waals surface area contributed by atoms with Crippen molar-refractivity contribution >= 4 is 15.9 Å². The number of rotatable bonds is 7. The summed E-state index contributed by atoms with van der Waals surface area (Å²) in [4.78, 5) is 14.4. The van der Waals surface area contributed by atoms with E-state index in [9.17, 15) is 13.2 Å². The van der Waals surface area contributed by atoms with Crippen LogP contribution in [0.4, 0.5) is 4.79 Å². The first kappa shape index (κ1) is 17.8. The fraction of sp³-hybridized carbons (Fsp3) is 0.588. The van der Waals surface area contributed by atoms with E-state index in [1.165, 1.54) is 12.7 Å². The lowest BCUT2D eigenvalue weighted by Crippen LogP contribution is -2.45. The number of amides is 2. The molecule has 0 saturated heterocycles. The molecular weight excluding hydrogens is 312 g/mol. The second-order valence-electron chi connectivity index (χ2n) is 6.40. The van der Waals surface area contributed by atoms with Gasteiger partial charge in [0.2, 0.25) is 0 Å². The van der Waals surface area contributed by atoms with Crippen LogP contribution in [0.15, 0.2) is 30.3 Å². The lowest BCUT2D eigenvalue weighted by molar-refractivity contribution is 0.146. The number of carbonyl (C=O) groups is 1. The third-order valence-electron chi connectivity index (χ3n) is 4.44. The zero-order chi connectivity index (χ0) is 16.9. The van der Waals surface area contributed by atoms with Crippen LogP contribution in [0.5, 0.6) is 0 Å². The van der Waals surface area contributed by atoms with Gasteiger partial charge in [-0.25, -0.2) is 13.2 Å². The molecule has 6 heteroatoms. The van der Waals surface area contributed by atoms with Crippen LogP contribution in [-0.2, 0) is 9.84 Å². The van der Waals surface area contributed by atoms with Gasteiger partial charge < -0.3 is 10.2 Å². The molecule has 1 fully saturated rings. The summed E-state index contributed by atoms with van der Waals surface area (Å²) in [6.45, 7) is 2.89. The van der Waals surface area contributed by atoms with Gasteiger partial charge in [0.25, 0.3) is 0 Å². The average Bonchev–Trinajstić information content (AvgIpc) is 2.45. The van der Waals surface area contributed by atoms with Gasteiger partial charge in [-0.2, -0.15) is 0 Å². The van der Waals surface area contributed by atoms with E-state index >= 15 is 0 Å². The molecule has 2 amide bonds. The van der Waals surface area contributed by atoms with Gasteiger partial charge in [0.15, 0.2) is 0 Å². The number of hydrogen-bond donors (Lipinski definition) is 1. The SMILES string of the molecule is C[C@@H](c1ccccc1)N(CC1CCC1)C(=O)NCCS(C)(=O)=O. The number of urea groups is 1. The zero-order valence-corrected chi connectivity index (χ0v) is 14.7. The number of carbonyl (C=O) groups excluding carboxylic acids is 1. The van der Waals surface area contributed by atoms with E-state index < -0.39 is 9.84 Å². The van der Waals surface area contributed by atoms with Crippen LogP contribution in [0.2, 0.25) is 0 Å². The number of benzene rings is 1. The fourth-order valence-corrected chi connectivity index (χ4v) is 3.20. The van der Waals surface area contributed by atoms with E-state index in [-0.39, 0.29) is 24.4 Å². The Balaban J connectivity index is 2.02. The first-order chi connectivity index (χ1) is 10.9. The molecule has 1 atom stereocenters. The van der Waals surface area contributed by atoms with Crippen LogP contribution in [0, 0.1) is 5.92 Å². The number of nitrogens with zero attached hydrogens (tertiary/aromatic N) is 1. The van der Waals surface area contributed by atoms with E-state index in [0.717, 1.165) is 24.9 Å². The molecule has 0 radical (unpaired) electrons. The number of nitrogens with one attached hydrogen (secondary N) is 1. The third-order valence-corrected chi connectivity index (χ3v) is 5.38. The minimum atomic E-state index is -3.07. The summed E-state index contributed by atoms with van der Waals surface area (Å²) < 4.78 is 22.4. The second-order valence-corrected chi connectivity index (χ2v) is 8.66. The van der Waals surface area contributed by atoms with Gasteiger partial charge in [-0.05, 0) is 31.2 Å². The molecule has 1 aliphatic rings. The molecule has 128 valence electrons. The van der Waals surface area contributed by atoms with E-state index in [1.807, 2.05) is 42.2 Å². The third kappa shape index (κ3) is 5.53. The average molecular weight is 338 g/mol. The van der Waals surface area contributed by atoms with Crippen LogP contribution >= 0.6 is 0 Å². The Bertz CT molecular complexity index is 612. The van der Waals surface area contributed by atoms with Gasteiger partial charge in [-0.3, -0.25) is 0 Å². The molecule has 1 N–H and O–H groups in total. The largest absolute Gasteiger partial charge is 0.337 e. The molecule has 1 aromatic rings. The van der Waals surface area contributed by atoms with Crippen molar-refractivity contribution < 1.29 is 13.2 Å². The summed E-state index contributed by atoms with van der Waals surface area (Å²) in [5, 5.41) is 2.75. The molecule has 0 bridgehead atoms. The van der Waals surface area contributed by atoms with E-state index in [2.05, 4.69) is 5.32 Å². The van der Waals surface area contributed by atoms with Gasteiger partial charge in [0.1, 0.15) is 9.84 Å². The summed E-state index contributed by atoms with van der Waals surface area (Å²) in [5.41, 5.74) is 1.09. The summed E-state index contributed by atoms with van der Waals surface area (Å²) in [6.07, 6.45) is 4.73. The highest BCUT2D eigenvalue weighted by molar-refractivity contribution is 7.90. The Labute approximate surface area is 139 Å². The van der Waals surface area contributed by atoms with Crippen molar-refractivity contribution in [1.82, 2.24) is 10.2 Å². The minimum Gasteiger partial charge on any atom is -0.337 e. The molecule has 0 aliphatic heterocycles. The van der Waals surface area contributed by atoms with E-state index in [1.54, 1.807) is 0 Å². The van der Waals surface area contributed by atoms with Crippen LogP contribution in [-0.4, -0.2) is 44.4 Å². The highest BCUT2D eigenvalue weighted by atomic mass is 32.2. The zero-order valence-electron chi connectivity index (χ0n) is 13.9. The minimum absolute atomic E-state index is 0.0320. The first-order valence-corrected chi connectivity index (χ1v) is 10.2. The van der Waals surface area contributed by atoms with Crippen molar-refractivity contribution in [3.63, 3.8) is 0 Å². The highest BCUT2D eigenvalue weighted by Gasteiger charge is 2.27. The van der Waals surface area contributed by atoms with Gasteiger partial charge >= 0.3 is 6.03 Å². The fourth-order valence-electron chi connectivity index (χ4n) is 2.73. The van der Waals surface area contributed by atoms with Crippen LogP contribution in [0.1, 0.15) is 37.8 Å². The monoisotopic (exact) mass is 338 g/mol. The Morgan fingerprint density at radius 2 is 1.96 bits per heavy atom. The molecule has 1 saturated carbocycles. The molecule has 5 nitrogen and oxygen atoms in total. The highest BCUT2D eigenvalue weighted by Crippen LogP contribution is 2.30. The van der Waals surface area contributed by atoms with Crippen LogP contribution < -0.4 is 5.32 Å². The summed E-state index contributed by atoms with van der Waals surface area (Å²) >= 11 is 0. The van der Waals surface area contributed by atoms with Gasteiger partial charge in [0.05, 0.1) is 11.8 Å². The Morgan fingerprint density at radius 3 is 2.48 bits per heavy atom. The second kappa shape index (κ2) is 7.81. The van der Waals surface area contributed by atoms with Crippen molar-refractivity contribution in [3.8, 4) is 0 Å². The maximum Gasteiger partial charge on any atom is 0.317 e. The predicted molar refractivity (Wildman–Crippen MR) is 92.0 cm³/mol. The first-order valence-electron chi connectivity index (χ1n) is 8.14. The number of sulfone groups is 1. The molecule has 2 rings (SSSR count). The molecule has 1 aliphatic carbocycles. The maximum absolute atomic E-state index is 12.5. The van der Waals surface area contributed by atoms with Crippen LogP contribution in [0.25, 0.3) is 0 Å². The summed E-state index contributed by atoms with van der Waals surface area (Å²) in [6, 6.07) is 9.71. The van der Waals surface area contributed by atoms with Crippen molar-refractivity contribution in [2.24, 2.45) is 5.92 Å². The molecule has 0 heterocycles. The van der Waals surface area contributed by atoms with Crippen molar-refractivity contribution in [2.45, 2.75) is 32.2 Å². The summed E-state index contributed by atoms with van der Waals surface area (Å²) in [5.74, 6) is 0.525. The Kier molecular flexibility index (Phi) is 6.04. The van der Waals surface area contributed by atoms with Gasteiger partial charge in [-0.15, -0.1) is 0 Å². The predicted octanol–water partition coefficient (Wildman–Crippen LogP) is 2.60.